The normalized spacial score (nSPS) is 11.6. The number of para-hydroxylation sites is 1. The highest BCUT2D eigenvalue weighted by Crippen LogP contribution is 2.20. The summed E-state index contributed by atoms with van der Waals surface area (Å²) in [7, 11) is 0. The van der Waals surface area contributed by atoms with Crippen molar-refractivity contribution in [3.63, 3.8) is 0 Å². The number of hydrogen-bond donors (Lipinski definition) is 2. The lowest BCUT2D eigenvalue weighted by molar-refractivity contribution is 0.0998. The molecule has 0 saturated heterocycles. The molecule has 5 nitrogen and oxygen atoms in total. The zero-order valence-corrected chi connectivity index (χ0v) is 11.9. The molecule has 110 valence electrons. The first-order valence-corrected chi connectivity index (χ1v) is 6.76. The standard InChI is InChI=1S/C17H14N2O3/c1-11(19-21)12-6-8-14(9-7-12)18-17(20)16-10-13-4-2-3-5-15(13)22-16/h2-10,21H,1H3,(H,18,20)/b19-11+. The Labute approximate surface area is 126 Å². The maximum atomic E-state index is 12.2. The summed E-state index contributed by atoms with van der Waals surface area (Å²) in [5, 5.41) is 15.5. The number of amides is 1. The van der Waals surface area contributed by atoms with Gasteiger partial charge in [0, 0.05) is 11.1 Å². The minimum atomic E-state index is -0.309. The van der Waals surface area contributed by atoms with E-state index in [2.05, 4.69) is 10.5 Å². The number of carbonyl (C=O) groups excluding carboxylic acids is 1. The van der Waals surface area contributed by atoms with E-state index < -0.39 is 0 Å². The minimum Gasteiger partial charge on any atom is -0.451 e. The zero-order chi connectivity index (χ0) is 15.5. The van der Waals surface area contributed by atoms with Crippen molar-refractivity contribution < 1.29 is 14.4 Å². The third kappa shape index (κ3) is 2.69. The van der Waals surface area contributed by atoms with Crippen molar-refractivity contribution in [2.45, 2.75) is 6.92 Å². The number of furan rings is 1. The largest absolute Gasteiger partial charge is 0.451 e. The van der Waals surface area contributed by atoms with Gasteiger partial charge in [0.2, 0.25) is 0 Å². The van der Waals surface area contributed by atoms with Gasteiger partial charge in [-0.2, -0.15) is 0 Å². The number of benzene rings is 2. The molecule has 1 heterocycles. The van der Waals surface area contributed by atoms with Crippen LogP contribution in [0.5, 0.6) is 0 Å². The quantitative estimate of drug-likeness (QED) is 0.437. The monoisotopic (exact) mass is 294 g/mol. The molecule has 0 aliphatic rings. The Hall–Kier alpha value is -3.08. The molecule has 0 aliphatic carbocycles. The van der Waals surface area contributed by atoms with E-state index >= 15 is 0 Å². The number of oxime groups is 1. The first-order valence-electron chi connectivity index (χ1n) is 6.76. The van der Waals surface area contributed by atoms with Gasteiger partial charge < -0.3 is 14.9 Å². The highest BCUT2D eigenvalue weighted by Gasteiger charge is 2.12. The summed E-state index contributed by atoms with van der Waals surface area (Å²) in [5.74, 6) is -0.0464. The van der Waals surface area contributed by atoms with Crippen molar-refractivity contribution in [1.82, 2.24) is 0 Å². The van der Waals surface area contributed by atoms with E-state index in [1.807, 2.05) is 24.3 Å². The molecule has 1 amide bonds. The van der Waals surface area contributed by atoms with Gasteiger partial charge in [0.1, 0.15) is 5.58 Å². The number of fused-ring (bicyclic) bond motifs is 1. The van der Waals surface area contributed by atoms with Crippen LogP contribution in [0, 0.1) is 0 Å². The van der Waals surface area contributed by atoms with E-state index in [-0.39, 0.29) is 11.7 Å². The van der Waals surface area contributed by atoms with E-state index in [0.29, 0.717) is 17.0 Å². The highest BCUT2D eigenvalue weighted by atomic mass is 16.4. The van der Waals surface area contributed by atoms with Gasteiger partial charge in [-0.05, 0) is 36.8 Å². The van der Waals surface area contributed by atoms with Gasteiger partial charge in [-0.15, -0.1) is 0 Å². The van der Waals surface area contributed by atoms with E-state index in [0.717, 1.165) is 10.9 Å². The second-order valence-electron chi connectivity index (χ2n) is 4.87. The molecule has 3 aromatic rings. The summed E-state index contributed by atoms with van der Waals surface area (Å²) in [4.78, 5) is 12.2. The molecular weight excluding hydrogens is 280 g/mol. The molecule has 2 aromatic carbocycles. The molecule has 0 radical (unpaired) electrons. The van der Waals surface area contributed by atoms with Crippen LogP contribution in [0.25, 0.3) is 11.0 Å². The van der Waals surface area contributed by atoms with Crippen LogP contribution in [-0.4, -0.2) is 16.8 Å². The predicted octanol–water partition coefficient (Wildman–Crippen LogP) is 3.88. The number of rotatable bonds is 3. The molecule has 0 aliphatic heterocycles. The number of hydrogen-bond acceptors (Lipinski definition) is 4. The lowest BCUT2D eigenvalue weighted by Gasteiger charge is -2.04. The van der Waals surface area contributed by atoms with Crippen molar-refractivity contribution in [2.75, 3.05) is 5.32 Å². The van der Waals surface area contributed by atoms with Crippen LogP contribution < -0.4 is 5.32 Å². The fourth-order valence-electron chi connectivity index (χ4n) is 2.14. The summed E-state index contributed by atoms with van der Waals surface area (Å²) in [6.07, 6.45) is 0. The van der Waals surface area contributed by atoms with Gasteiger partial charge >= 0.3 is 0 Å². The summed E-state index contributed by atoms with van der Waals surface area (Å²) < 4.78 is 5.52. The first kappa shape index (κ1) is 13.9. The maximum Gasteiger partial charge on any atom is 0.291 e. The molecule has 1 aromatic heterocycles. The van der Waals surface area contributed by atoms with Crippen molar-refractivity contribution >= 4 is 28.3 Å². The summed E-state index contributed by atoms with van der Waals surface area (Å²) >= 11 is 0. The Balaban J connectivity index is 1.79. The van der Waals surface area contributed by atoms with E-state index in [1.165, 1.54) is 0 Å². The summed E-state index contributed by atoms with van der Waals surface area (Å²) in [6.45, 7) is 1.70. The van der Waals surface area contributed by atoms with Crippen LogP contribution in [0.15, 0.2) is 64.2 Å². The Morgan fingerprint density at radius 2 is 1.86 bits per heavy atom. The SMILES string of the molecule is C/C(=N\O)c1ccc(NC(=O)c2cc3ccccc3o2)cc1. The molecule has 0 fully saturated rings. The van der Waals surface area contributed by atoms with Crippen molar-refractivity contribution in [3.05, 3.63) is 65.9 Å². The average molecular weight is 294 g/mol. The number of carbonyl (C=O) groups is 1. The van der Waals surface area contributed by atoms with E-state index in [4.69, 9.17) is 9.62 Å². The first-order chi connectivity index (χ1) is 10.7. The number of nitrogens with zero attached hydrogens (tertiary/aromatic N) is 1. The fraction of sp³-hybridized carbons (Fsp3) is 0.0588. The second kappa shape index (κ2) is 5.73. The van der Waals surface area contributed by atoms with Crippen LogP contribution in [0.3, 0.4) is 0 Å². The van der Waals surface area contributed by atoms with Crippen LogP contribution in [0.1, 0.15) is 23.0 Å². The summed E-state index contributed by atoms with van der Waals surface area (Å²) in [6, 6.07) is 16.2. The smallest absolute Gasteiger partial charge is 0.291 e. The molecular formula is C17H14N2O3. The molecule has 3 rings (SSSR count). The van der Waals surface area contributed by atoms with Gasteiger partial charge in [-0.25, -0.2) is 0 Å². The third-order valence-electron chi connectivity index (χ3n) is 3.36. The molecule has 0 unspecified atom stereocenters. The molecule has 0 spiro atoms. The minimum absolute atomic E-state index is 0.262. The van der Waals surface area contributed by atoms with Crippen LogP contribution in [0.2, 0.25) is 0 Å². The lowest BCUT2D eigenvalue weighted by atomic mass is 10.1. The molecule has 0 atom stereocenters. The zero-order valence-electron chi connectivity index (χ0n) is 11.9. The van der Waals surface area contributed by atoms with E-state index in [1.54, 1.807) is 37.3 Å². The van der Waals surface area contributed by atoms with Crippen molar-refractivity contribution in [3.8, 4) is 0 Å². The van der Waals surface area contributed by atoms with Crippen LogP contribution in [0.4, 0.5) is 5.69 Å². The Morgan fingerprint density at radius 1 is 1.14 bits per heavy atom. The van der Waals surface area contributed by atoms with Crippen molar-refractivity contribution in [2.24, 2.45) is 5.16 Å². The molecule has 0 saturated carbocycles. The maximum absolute atomic E-state index is 12.2. The Morgan fingerprint density at radius 3 is 2.55 bits per heavy atom. The number of anilines is 1. The van der Waals surface area contributed by atoms with Gasteiger partial charge in [-0.1, -0.05) is 35.5 Å². The molecule has 22 heavy (non-hydrogen) atoms. The molecule has 0 bridgehead atoms. The van der Waals surface area contributed by atoms with Gasteiger partial charge in [0.25, 0.3) is 5.91 Å². The fourth-order valence-corrected chi connectivity index (χ4v) is 2.14. The molecule has 5 heteroatoms. The van der Waals surface area contributed by atoms with Gasteiger partial charge in [-0.3, -0.25) is 4.79 Å². The Bertz CT molecular complexity index is 815. The average Bonchev–Trinajstić information content (AvgIpc) is 2.99. The van der Waals surface area contributed by atoms with E-state index in [9.17, 15) is 4.79 Å². The van der Waals surface area contributed by atoms with Crippen LogP contribution in [-0.2, 0) is 0 Å². The Kier molecular flexibility index (Phi) is 3.62. The van der Waals surface area contributed by atoms with Gasteiger partial charge in [0.15, 0.2) is 5.76 Å². The topological polar surface area (TPSA) is 74.8 Å². The summed E-state index contributed by atoms with van der Waals surface area (Å²) in [5.41, 5.74) is 2.61. The molecule has 2 N–H and O–H groups in total. The van der Waals surface area contributed by atoms with Crippen molar-refractivity contribution in [1.29, 1.82) is 0 Å². The second-order valence-corrected chi connectivity index (χ2v) is 4.87. The highest BCUT2D eigenvalue weighted by molar-refractivity contribution is 6.05. The van der Waals surface area contributed by atoms with Gasteiger partial charge in [0.05, 0.1) is 5.71 Å². The lowest BCUT2D eigenvalue weighted by Crippen LogP contribution is -2.10. The third-order valence-corrected chi connectivity index (χ3v) is 3.36. The number of nitrogens with one attached hydrogen (secondary N) is 1. The predicted molar refractivity (Wildman–Crippen MR) is 84.6 cm³/mol. The van der Waals surface area contributed by atoms with Crippen LogP contribution >= 0.6 is 0 Å².